The van der Waals surface area contributed by atoms with Gasteiger partial charge in [-0.05, 0) is 62.9 Å². The first-order chi connectivity index (χ1) is 14.2. The molecule has 1 aromatic heterocycles. The summed E-state index contributed by atoms with van der Waals surface area (Å²) < 4.78 is 28.5. The molecule has 0 radical (unpaired) electrons. The lowest BCUT2D eigenvalue weighted by Crippen LogP contribution is -2.43. The maximum atomic E-state index is 13.0. The van der Waals surface area contributed by atoms with Crippen molar-refractivity contribution in [2.75, 3.05) is 18.4 Å². The minimum atomic E-state index is -3.61. The summed E-state index contributed by atoms with van der Waals surface area (Å²) in [4.78, 5) is 17.7. The van der Waals surface area contributed by atoms with Crippen molar-refractivity contribution in [2.24, 2.45) is 5.92 Å². The molecule has 1 saturated heterocycles. The van der Waals surface area contributed by atoms with Crippen molar-refractivity contribution >= 4 is 42.6 Å². The van der Waals surface area contributed by atoms with E-state index in [4.69, 9.17) is 0 Å². The molecule has 0 bridgehead atoms. The Kier molecular flexibility index (Phi) is 5.65. The third kappa shape index (κ3) is 4.12. The highest BCUT2D eigenvalue weighted by Gasteiger charge is 2.33. The van der Waals surface area contributed by atoms with Crippen LogP contribution >= 0.6 is 11.3 Å². The molecule has 1 fully saturated rings. The fourth-order valence-electron chi connectivity index (χ4n) is 3.87. The van der Waals surface area contributed by atoms with Gasteiger partial charge in [-0.2, -0.15) is 4.31 Å². The minimum absolute atomic E-state index is 0.174. The second kappa shape index (κ2) is 8.09. The summed E-state index contributed by atoms with van der Waals surface area (Å²) in [6.45, 7) is 6.59. The monoisotopic (exact) mass is 443 g/mol. The van der Waals surface area contributed by atoms with Crippen LogP contribution < -0.4 is 5.32 Å². The lowest BCUT2D eigenvalue weighted by atomic mass is 9.99. The fraction of sp³-hybridized carbons (Fsp3) is 0.364. The smallest absolute Gasteiger partial charge is 0.243 e. The van der Waals surface area contributed by atoms with Gasteiger partial charge in [0.15, 0.2) is 5.13 Å². The predicted octanol–water partition coefficient (Wildman–Crippen LogP) is 4.26. The maximum Gasteiger partial charge on any atom is 0.243 e. The Labute approximate surface area is 181 Å². The maximum absolute atomic E-state index is 13.0. The Morgan fingerprint density at radius 3 is 2.60 bits per heavy atom. The van der Waals surface area contributed by atoms with Gasteiger partial charge in [-0.3, -0.25) is 4.79 Å². The van der Waals surface area contributed by atoms with Crippen LogP contribution in [0.5, 0.6) is 0 Å². The number of thiazole rings is 1. The van der Waals surface area contributed by atoms with Gasteiger partial charge in [0.05, 0.1) is 21.0 Å². The van der Waals surface area contributed by atoms with E-state index in [1.807, 2.05) is 26.8 Å². The number of amides is 1. The Morgan fingerprint density at radius 2 is 1.87 bits per heavy atom. The molecule has 2 heterocycles. The van der Waals surface area contributed by atoms with Crippen LogP contribution in [0.4, 0.5) is 5.13 Å². The standard InChI is InChI=1S/C22H25N3O3S2/c1-14-6-8-18(9-7-14)30(27,28)25-10-4-5-17(13-25)21(26)24-22-23-19-12-15(2)11-16(3)20(19)29-22/h6-9,11-12,17H,4-5,10,13H2,1-3H3,(H,23,24,26). The van der Waals surface area contributed by atoms with Gasteiger partial charge < -0.3 is 5.32 Å². The number of anilines is 1. The van der Waals surface area contributed by atoms with Gasteiger partial charge >= 0.3 is 0 Å². The van der Waals surface area contributed by atoms with Gasteiger partial charge in [-0.25, -0.2) is 13.4 Å². The van der Waals surface area contributed by atoms with Crippen LogP contribution in [0.2, 0.25) is 0 Å². The Balaban J connectivity index is 1.50. The largest absolute Gasteiger partial charge is 0.302 e. The molecule has 0 aliphatic carbocycles. The summed E-state index contributed by atoms with van der Waals surface area (Å²) in [5.74, 6) is -0.568. The van der Waals surface area contributed by atoms with Gasteiger partial charge in [-0.15, -0.1) is 0 Å². The summed E-state index contributed by atoms with van der Waals surface area (Å²) in [6.07, 6.45) is 1.32. The van der Waals surface area contributed by atoms with Crippen molar-refractivity contribution in [3.63, 3.8) is 0 Å². The van der Waals surface area contributed by atoms with Crippen LogP contribution in [0, 0.1) is 26.7 Å². The quantitative estimate of drug-likeness (QED) is 0.653. The SMILES string of the molecule is Cc1ccc(S(=O)(=O)N2CCCC(C(=O)Nc3nc4cc(C)cc(C)c4s3)C2)cc1. The van der Waals surface area contributed by atoms with E-state index >= 15 is 0 Å². The van der Waals surface area contributed by atoms with E-state index in [1.165, 1.54) is 15.6 Å². The zero-order valence-corrected chi connectivity index (χ0v) is 18.9. The van der Waals surface area contributed by atoms with E-state index in [-0.39, 0.29) is 17.3 Å². The zero-order valence-electron chi connectivity index (χ0n) is 17.3. The van der Waals surface area contributed by atoms with Crippen molar-refractivity contribution < 1.29 is 13.2 Å². The van der Waals surface area contributed by atoms with Gasteiger partial charge in [0.1, 0.15) is 0 Å². The molecule has 1 amide bonds. The number of nitrogens with zero attached hydrogens (tertiary/aromatic N) is 2. The molecular weight excluding hydrogens is 418 g/mol. The summed E-state index contributed by atoms with van der Waals surface area (Å²) in [7, 11) is -3.61. The fourth-order valence-corrected chi connectivity index (χ4v) is 6.31. The highest BCUT2D eigenvalue weighted by Crippen LogP contribution is 2.31. The number of benzene rings is 2. The molecule has 1 aliphatic rings. The van der Waals surface area contributed by atoms with Crippen LogP contribution in [0.25, 0.3) is 10.2 Å². The topological polar surface area (TPSA) is 79.4 Å². The number of aryl methyl sites for hydroxylation is 3. The van der Waals surface area contributed by atoms with Crippen LogP contribution in [-0.2, 0) is 14.8 Å². The zero-order chi connectivity index (χ0) is 21.5. The molecule has 0 saturated carbocycles. The molecule has 1 N–H and O–H groups in total. The lowest BCUT2D eigenvalue weighted by Gasteiger charge is -2.31. The van der Waals surface area contributed by atoms with E-state index in [1.54, 1.807) is 24.3 Å². The number of nitrogens with one attached hydrogen (secondary N) is 1. The Bertz CT molecular complexity index is 1200. The van der Waals surface area contributed by atoms with Crippen LogP contribution in [-0.4, -0.2) is 36.7 Å². The predicted molar refractivity (Wildman–Crippen MR) is 120 cm³/mol. The van der Waals surface area contributed by atoms with Gasteiger partial charge in [0.2, 0.25) is 15.9 Å². The van der Waals surface area contributed by atoms with Gasteiger partial charge in [0.25, 0.3) is 0 Å². The van der Waals surface area contributed by atoms with Crippen molar-refractivity contribution in [2.45, 2.75) is 38.5 Å². The Morgan fingerprint density at radius 1 is 1.13 bits per heavy atom. The van der Waals surface area contributed by atoms with Gasteiger partial charge in [0, 0.05) is 13.1 Å². The van der Waals surface area contributed by atoms with Crippen molar-refractivity contribution in [1.29, 1.82) is 0 Å². The lowest BCUT2D eigenvalue weighted by molar-refractivity contribution is -0.120. The molecule has 1 aliphatic heterocycles. The summed E-state index contributed by atoms with van der Waals surface area (Å²) in [6, 6.07) is 10.9. The molecule has 30 heavy (non-hydrogen) atoms. The molecule has 158 valence electrons. The van der Waals surface area contributed by atoms with Crippen LogP contribution in [0.3, 0.4) is 0 Å². The summed E-state index contributed by atoms with van der Waals surface area (Å²) >= 11 is 1.45. The highest BCUT2D eigenvalue weighted by molar-refractivity contribution is 7.89. The summed E-state index contributed by atoms with van der Waals surface area (Å²) in [5, 5.41) is 3.47. The number of fused-ring (bicyclic) bond motifs is 1. The number of hydrogen-bond donors (Lipinski definition) is 1. The molecule has 3 aromatic rings. The van der Waals surface area contributed by atoms with E-state index in [0.717, 1.165) is 26.9 Å². The van der Waals surface area contributed by atoms with Crippen molar-refractivity contribution in [1.82, 2.24) is 9.29 Å². The molecule has 2 aromatic carbocycles. The molecule has 4 rings (SSSR count). The number of piperidine rings is 1. The number of rotatable bonds is 4. The number of aromatic nitrogens is 1. The first-order valence-corrected chi connectivity index (χ1v) is 12.2. The normalized spacial score (nSPS) is 17.9. The molecule has 0 spiro atoms. The van der Waals surface area contributed by atoms with E-state index in [0.29, 0.717) is 24.5 Å². The first-order valence-electron chi connectivity index (χ1n) is 9.99. The van der Waals surface area contributed by atoms with Crippen LogP contribution in [0.1, 0.15) is 29.5 Å². The third-order valence-electron chi connectivity index (χ3n) is 5.46. The number of sulfonamides is 1. The van der Waals surface area contributed by atoms with Crippen molar-refractivity contribution in [3.05, 3.63) is 53.1 Å². The molecule has 1 unspecified atom stereocenters. The highest BCUT2D eigenvalue weighted by atomic mass is 32.2. The average molecular weight is 444 g/mol. The molecule has 8 heteroatoms. The molecule has 6 nitrogen and oxygen atoms in total. The van der Waals surface area contributed by atoms with E-state index in [9.17, 15) is 13.2 Å². The van der Waals surface area contributed by atoms with Crippen molar-refractivity contribution in [3.8, 4) is 0 Å². The molecular formula is C22H25N3O3S2. The van der Waals surface area contributed by atoms with E-state index < -0.39 is 15.9 Å². The Hall–Kier alpha value is -2.29. The first kappa shape index (κ1) is 21.0. The third-order valence-corrected chi connectivity index (χ3v) is 8.47. The van der Waals surface area contributed by atoms with E-state index in [2.05, 4.69) is 16.4 Å². The average Bonchev–Trinajstić information content (AvgIpc) is 3.11. The van der Waals surface area contributed by atoms with Crippen LogP contribution in [0.15, 0.2) is 41.3 Å². The minimum Gasteiger partial charge on any atom is -0.302 e. The molecule has 1 atom stereocenters. The second-order valence-electron chi connectivity index (χ2n) is 7.95. The summed E-state index contributed by atoms with van der Waals surface area (Å²) in [5.41, 5.74) is 4.15. The number of carbonyl (C=O) groups is 1. The number of hydrogen-bond acceptors (Lipinski definition) is 5. The van der Waals surface area contributed by atoms with Gasteiger partial charge in [-0.1, -0.05) is 35.1 Å². The second-order valence-corrected chi connectivity index (χ2v) is 10.9. The number of carbonyl (C=O) groups excluding carboxylic acids is 1.